The van der Waals surface area contributed by atoms with Gasteiger partial charge in [0.15, 0.2) is 0 Å². The van der Waals surface area contributed by atoms with Crippen LogP contribution in [0.5, 0.6) is 0 Å². The smallest absolute Gasteiger partial charge is 0.408 e. The zero-order valence-corrected chi connectivity index (χ0v) is 16.3. The highest BCUT2D eigenvalue weighted by molar-refractivity contribution is 5.68. The van der Waals surface area contributed by atoms with E-state index in [1.807, 2.05) is 6.08 Å². The standard InChI is InChI=1S/C20H26F2N2O4/c1-20(2,3)28-19(25)23-17-11-14(24-6-8-26-9-7-24)12-27-18(17)15-10-13(21)4-5-16(15)22/h4-5,10-11,17-18H,6-9,12H2,1-3H3,(H,23,25)/t17-,18+/m0/s1. The normalized spacial score (nSPS) is 23.2. The Kier molecular flexibility index (Phi) is 6.20. The second kappa shape index (κ2) is 8.45. The van der Waals surface area contributed by atoms with Crippen molar-refractivity contribution in [2.75, 3.05) is 32.9 Å². The highest BCUT2D eigenvalue weighted by Gasteiger charge is 2.33. The van der Waals surface area contributed by atoms with Crippen molar-refractivity contribution < 1.29 is 27.8 Å². The number of alkyl carbamates (subject to hydrolysis) is 1. The summed E-state index contributed by atoms with van der Waals surface area (Å²) in [6.07, 6.45) is 0.309. The third-order valence-corrected chi connectivity index (χ3v) is 4.47. The van der Waals surface area contributed by atoms with Gasteiger partial charge in [-0.1, -0.05) is 0 Å². The van der Waals surface area contributed by atoms with E-state index in [9.17, 15) is 13.6 Å². The third-order valence-electron chi connectivity index (χ3n) is 4.47. The van der Waals surface area contributed by atoms with Crippen LogP contribution in [0.25, 0.3) is 0 Å². The molecule has 1 fully saturated rings. The van der Waals surface area contributed by atoms with E-state index in [1.165, 1.54) is 0 Å². The Labute approximate surface area is 163 Å². The number of carbonyl (C=O) groups is 1. The van der Waals surface area contributed by atoms with Crippen LogP contribution in [0.1, 0.15) is 32.4 Å². The van der Waals surface area contributed by atoms with Crippen LogP contribution in [-0.4, -0.2) is 55.5 Å². The monoisotopic (exact) mass is 396 g/mol. The van der Waals surface area contributed by atoms with Crippen molar-refractivity contribution >= 4 is 6.09 Å². The van der Waals surface area contributed by atoms with Crippen LogP contribution in [0.3, 0.4) is 0 Å². The van der Waals surface area contributed by atoms with Gasteiger partial charge < -0.3 is 24.4 Å². The molecule has 8 heteroatoms. The number of hydrogen-bond acceptors (Lipinski definition) is 5. The maximum Gasteiger partial charge on any atom is 0.408 e. The van der Waals surface area contributed by atoms with Gasteiger partial charge >= 0.3 is 6.09 Å². The van der Waals surface area contributed by atoms with Crippen LogP contribution in [0.4, 0.5) is 13.6 Å². The van der Waals surface area contributed by atoms with Crippen LogP contribution in [0, 0.1) is 11.6 Å². The molecule has 6 nitrogen and oxygen atoms in total. The van der Waals surface area contributed by atoms with E-state index >= 15 is 0 Å². The molecule has 0 radical (unpaired) electrons. The van der Waals surface area contributed by atoms with E-state index in [1.54, 1.807) is 20.8 Å². The molecule has 3 rings (SSSR count). The molecule has 154 valence electrons. The van der Waals surface area contributed by atoms with Crippen LogP contribution < -0.4 is 5.32 Å². The van der Waals surface area contributed by atoms with E-state index in [-0.39, 0.29) is 12.2 Å². The summed E-state index contributed by atoms with van der Waals surface area (Å²) in [5.74, 6) is -1.16. The Morgan fingerprint density at radius 1 is 1.25 bits per heavy atom. The molecule has 2 atom stereocenters. The average Bonchev–Trinajstić information content (AvgIpc) is 2.63. The number of morpholine rings is 1. The minimum atomic E-state index is -0.868. The van der Waals surface area contributed by atoms with Crippen LogP contribution in [0.2, 0.25) is 0 Å². The molecule has 0 spiro atoms. The molecule has 1 aromatic rings. The molecule has 0 unspecified atom stereocenters. The molecule has 1 amide bonds. The van der Waals surface area contributed by atoms with E-state index in [4.69, 9.17) is 14.2 Å². The molecule has 2 heterocycles. The number of nitrogens with zero attached hydrogens (tertiary/aromatic N) is 1. The molecule has 28 heavy (non-hydrogen) atoms. The van der Waals surface area contributed by atoms with Crippen molar-refractivity contribution in [1.82, 2.24) is 10.2 Å². The number of hydrogen-bond donors (Lipinski definition) is 1. The van der Waals surface area contributed by atoms with Crippen molar-refractivity contribution in [3.8, 4) is 0 Å². The molecular formula is C20H26F2N2O4. The van der Waals surface area contributed by atoms with Crippen molar-refractivity contribution in [2.24, 2.45) is 0 Å². The van der Waals surface area contributed by atoms with Crippen molar-refractivity contribution in [1.29, 1.82) is 0 Å². The summed E-state index contributed by atoms with van der Waals surface area (Å²) < 4.78 is 44.6. The molecule has 0 saturated carbocycles. The largest absolute Gasteiger partial charge is 0.444 e. The maximum absolute atomic E-state index is 14.3. The molecule has 1 saturated heterocycles. The molecule has 0 bridgehead atoms. The minimum Gasteiger partial charge on any atom is -0.444 e. The molecule has 0 aromatic heterocycles. The quantitative estimate of drug-likeness (QED) is 0.851. The Morgan fingerprint density at radius 3 is 2.64 bits per heavy atom. The van der Waals surface area contributed by atoms with Gasteiger partial charge in [0, 0.05) is 24.4 Å². The van der Waals surface area contributed by atoms with Crippen molar-refractivity contribution in [3.63, 3.8) is 0 Å². The summed E-state index contributed by atoms with van der Waals surface area (Å²) in [5.41, 5.74) is 0.242. The van der Waals surface area contributed by atoms with Crippen LogP contribution in [0.15, 0.2) is 30.0 Å². The van der Waals surface area contributed by atoms with E-state index in [0.717, 1.165) is 23.9 Å². The second-order valence-electron chi connectivity index (χ2n) is 7.83. The van der Waals surface area contributed by atoms with Crippen LogP contribution in [-0.2, 0) is 14.2 Å². The Hall–Kier alpha value is -2.19. The number of rotatable bonds is 3. The summed E-state index contributed by atoms with van der Waals surface area (Å²) in [6, 6.07) is 2.49. The van der Waals surface area contributed by atoms with Crippen molar-refractivity contribution in [3.05, 3.63) is 47.2 Å². The van der Waals surface area contributed by atoms with E-state index < -0.39 is 35.5 Å². The highest BCUT2D eigenvalue weighted by Crippen LogP contribution is 2.31. The van der Waals surface area contributed by atoms with Crippen LogP contribution >= 0.6 is 0 Å². The summed E-state index contributed by atoms with van der Waals surface area (Å²) in [6.45, 7) is 8.09. The summed E-state index contributed by atoms with van der Waals surface area (Å²) in [4.78, 5) is 14.4. The van der Waals surface area contributed by atoms with Gasteiger partial charge in [-0.05, 0) is 45.0 Å². The van der Waals surface area contributed by atoms with Gasteiger partial charge in [0.25, 0.3) is 0 Å². The Bertz CT molecular complexity index is 742. The molecule has 2 aliphatic rings. The third kappa shape index (κ3) is 5.20. The molecular weight excluding hydrogens is 370 g/mol. The summed E-state index contributed by atoms with van der Waals surface area (Å²) >= 11 is 0. The maximum atomic E-state index is 14.3. The van der Waals surface area contributed by atoms with E-state index in [2.05, 4.69) is 10.2 Å². The lowest BCUT2D eigenvalue weighted by molar-refractivity contribution is -0.00142. The first-order valence-electron chi connectivity index (χ1n) is 9.32. The zero-order valence-electron chi connectivity index (χ0n) is 16.3. The number of amides is 1. The van der Waals surface area contributed by atoms with Gasteiger partial charge in [0.05, 0.1) is 25.9 Å². The Balaban J connectivity index is 1.87. The number of benzene rings is 1. The predicted octanol–water partition coefficient (Wildman–Crippen LogP) is 3.15. The van der Waals surface area contributed by atoms with Gasteiger partial charge in [0.2, 0.25) is 0 Å². The second-order valence-corrected chi connectivity index (χ2v) is 7.83. The fraction of sp³-hybridized carbons (Fsp3) is 0.550. The van der Waals surface area contributed by atoms with Gasteiger partial charge in [-0.15, -0.1) is 0 Å². The fourth-order valence-corrected chi connectivity index (χ4v) is 3.25. The SMILES string of the molecule is CC(C)(C)OC(=O)N[C@H]1C=C(N2CCOCC2)CO[C@@H]1c1cc(F)ccc1F. The van der Waals surface area contributed by atoms with E-state index in [0.29, 0.717) is 26.3 Å². The topological polar surface area (TPSA) is 60.0 Å². The first-order valence-corrected chi connectivity index (χ1v) is 9.32. The van der Waals surface area contributed by atoms with Gasteiger partial charge in [0.1, 0.15) is 23.3 Å². The number of carbonyl (C=O) groups excluding carboxylic acids is 1. The first kappa shape index (κ1) is 20.5. The van der Waals surface area contributed by atoms with Gasteiger partial charge in [-0.2, -0.15) is 0 Å². The minimum absolute atomic E-state index is 0.0540. The van der Waals surface area contributed by atoms with Gasteiger partial charge in [-0.3, -0.25) is 0 Å². The lowest BCUT2D eigenvalue weighted by Gasteiger charge is -2.38. The summed E-state index contributed by atoms with van der Waals surface area (Å²) in [7, 11) is 0. The first-order chi connectivity index (χ1) is 13.2. The number of ether oxygens (including phenoxy) is 3. The molecule has 0 aliphatic carbocycles. The zero-order chi connectivity index (χ0) is 20.3. The highest BCUT2D eigenvalue weighted by atomic mass is 19.1. The van der Waals surface area contributed by atoms with Gasteiger partial charge in [-0.25, -0.2) is 13.6 Å². The number of halogens is 2. The van der Waals surface area contributed by atoms with Crippen molar-refractivity contribution in [2.45, 2.75) is 38.5 Å². The molecule has 1 N–H and O–H groups in total. The molecule has 1 aromatic carbocycles. The lowest BCUT2D eigenvalue weighted by Crippen LogP contribution is -2.46. The Morgan fingerprint density at radius 2 is 1.96 bits per heavy atom. The average molecular weight is 396 g/mol. The molecule has 2 aliphatic heterocycles. The summed E-state index contributed by atoms with van der Waals surface area (Å²) in [5, 5.41) is 2.73. The predicted molar refractivity (Wildman–Crippen MR) is 98.7 cm³/mol. The number of nitrogens with one attached hydrogen (secondary N) is 1. The fourth-order valence-electron chi connectivity index (χ4n) is 3.25. The lowest BCUT2D eigenvalue weighted by atomic mass is 9.98.